The number of aromatic nitrogens is 1. The normalized spacial score (nSPS) is 12.1. The standard InChI is InChI=1S/C28H23N2O/c1-17-13-19(3)30(5)25(14-17)26-18(2)11-12-22-24-16-21(29-4)15-23(27(24)31-28(22)26)20-9-7-6-8-10-20/h6-16H,1-3,5H3/q+1/i13D,14D. The van der Waals surface area contributed by atoms with Gasteiger partial charge in [-0.15, -0.1) is 0 Å². The molecule has 0 spiro atoms. The van der Waals surface area contributed by atoms with Crippen LogP contribution < -0.4 is 4.57 Å². The number of hydrogen-bond acceptors (Lipinski definition) is 1. The number of furan rings is 1. The lowest BCUT2D eigenvalue weighted by molar-refractivity contribution is -0.666. The first-order chi connectivity index (χ1) is 15.8. The van der Waals surface area contributed by atoms with E-state index < -0.39 is 0 Å². The molecule has 2 heterocycles. The lowest BCUT2D eigenvalue weighted by Crippen LogP contribution is -2.35. The number of hydrogen-bond donors (Lipinski definition) is 0. The van der Waals surface area contributed by atoms with E-state index in [0.717, 1.165) is 50.0 Å². The van der Waals surface area contributed by atoms with Crippen LogP contribution in [-0.4, -0.2) is 0 Å². The van der Waals surface area contributed by atoms with Crippen LogP contribution in [0.5, 0.6) is 0 Å². The van der Waals surface area contributed by atoms with E-state index in [2.05, 4.69) is 4.85 Å². The molecule has 0 atom stereocenters. The molecule has 0 aliphatic carbocycles. The van der Waals surface area contributed by atoms with Crippen LogP contribution in [0.4, 0.5) is 5.69 Å². The third-order valence-electron chi connectivity index (χ3n) is 5.90. The molecule has 0 amide bonds. The summed E-state index contributed by atoms with van der Waals surface area (Å²) in [5, 5.41) is 1.80. The Balaban J connectivity index is 1.96. The van der Waals surface area contributed by atoms with E-state index in [4.69, 9.17) is 13.7 Å². The summed E-state index contributed by atoms with van der Waals surface area (Å²) in [6.45, 7) is 13.4. The van der Waals surface area contributed by atoms with Gasteiger partial charge in [0.1, 0.15) is 18.2 Å². The van der Waals surface area contributed by atoms with Crippen LogP contribution in [-0.2, 0) is 7.05 Å². The Labute approximate surface area is 184 Å². The van der Waals surface area contributed by atoms with Crippen molar-refractivity contribution in [3.05, 3.63) is 94.9 Å². The van der Waals surface area contributed by atoms with Crippen molar-refractivity contribution < 1.29 is 11.7 Å². The molecule has 0 N–H and O–H groups in total. The van der Waals surface area contributed by atoms with Crippen molar-refractivity contribution in [2.24, 2.45) is 7.05 Å². The average molecular weight is 406 g/mol. The van der Waals surface area contributed by atoms with E-state index in [0.29, 0.717) is 28.9 Å². The molecular weight excluding hydrogens is 380 g/mol. The highest BCUT2D eigenvalue weighted by atomic mass is 16.3. The molecule has 3 nitrogen and oxygen atoms in total. The van der Waals surface area contributed by atoms with Gasteiger partial charge in [-0.2, -0.15) is 4.57 Å². The lowest BCUT2D eigenvalue weighted by Gasteiger charge is -2.08. The zero-order valence-electron chi connectivity index (χ0n) is 20.0. The maximum absolute atomic E-state index is 8.84. The molecule has 0 bridgehead atoms. The minimum Gasteiger partial charge on any atom is -0.455 e. The molecule has 31 heavy (non-hydrogen) atoms. The van der Waals surface area contributed by atoms with Crippen molar-refractivity contribution in [3.63, 3.8) is 0 Å². The van der Waals surface area contributed by atoms with E-state index in [1.165, 1.54) is 0 Å². The lowest BCUT2D eigenvalue weighted by atomic mass is 9.98. The second kappa shape index (κ2) is 7.11. The Bertz CT molecular complexity index is 1600. The van der Waals surface area contributed by atoms with Gasteiger partial charge in [0.05, 0.1) is 14.9 Å². The molecule has 0 saturated carbocycles. The molecule has 0 unspecified atom stereocenters. The largest absolute Gasteiger partial charge is 0.455 e. The van der Waals surface area contributed by atoms with Gasteiger partial charge in [-0.1, -0.05) is 42.5 Å². The Morgan fingerprint density at radius 2 is 1.71 bits per heavy atom. The van der Waals surface area contributed by atoms with E-state index in [1.54, 1.807) is 0 Å². The van der Waals surface area contributed by atoms with Crippen molar-refractivity contribution in [3.8, 4) is 22.4 Å². The van der Waals surface area contributed by atoms with Crippen LogP contribution in [0, 0.1) is 27.3 Å². The summed E-state index contributed by atoms with van der Waals surface area (Å²) in [6, 6.07) is 18.5. The molecule has 0 aliphatic rings. The maximum atomic E-state index is 8.84. The predicted octanol–water partition coefficient (Wildman–Crippen LogP) is 7.22. The fourth-order valence-electron chi connectivity index (χ4n) is 4.26. The number of fused-ring (bicyclic) bond motifs is 3. The monoisotopic (exact) mass is 405 g/mol. The zero-order chi connectivity index (χ0) is 23.4. The van der Waals surface area contributed by atoms with Gasteiger partial charge in [0.15, 0.2) is 11.4 Å². The summed E-state index contributed by atoms with van der Waals surface area (Å²) >= 11 is 0. The summed E-state index contributed by atoms with van der Waals surface area (Å²) < 4.78 is 25.7. The van der Waals surface area contributed by atoms with Crippen molar-refractivity contribution in [2.75, 3.05) is 0 Å². The highest BCUT2D eigenvalue weighted by molar-refractivity contribution is 6.14. The van der Waals surface area contributed by atoms with Crippen molar-refractivity contribution in [1.82, 2.24) is 0 Å². The van der Waals surface area contributed by atoms with E-state index >= 15 is 0 Å². The first-order valence-electron chi connectivity index (χ1n) is 11.2. The van der Waals surface area contributed by atoms with Crippen LogP contribution >= 0.6 is 0 Å². The van der Waals surface area contributed by atoms with E-state index in [1.807, 2.05) is 87.0 Å². The molecule has 0 radical (unpaired) electrons. The molecule has 150 valence electrons. The van der Waals surface area contributed by atoms with Gasteiger partial charge in [-0.25, -0.2) is 4.85 Å². The predicted molar refractivity (Wildman–Crippen MR) is 126 cm³/mol. The van der Waals surface area contributed by atoms with Crippen molar-refractivity contribution in [1.29, 1.82) is 0 Å². The van der Waals surface area contributed by atoms with E-state index in [-0.39, 0.29) is 0 Å². The van der Waals surface area contributed by atoms with Crippen LogP contribution in [0.15, 0.2) is 71.1 Å². The van der Waals surface area contributed by atoms with Gasteiger partial charge in [-0.05, 0) is 42.7 Å². The third kappa shape index (κ3) is 3.00. The molecular formula is C28H23N2O+. The minimum atomic E-state index is 0.328. The first kappa shape index (κ1) is 16.8. The Morgan fingerprint density at radius 1 is 0.935 bits per heavy atom. The van der Waals surface area contributed by atoms with Crippen molar-refractivity contribution in [2.45, 2.75) is 20.8 Å². The Morgan fingerprint density at radius 3 is 2.45 bits per heavy atom. The van der Waals surface area contributed by atoms with E-state index in [9.17, 15) is 0 Å². The van der Waals surface area contributed by atoms with Gasteiger partial charge in [0, 0.05) is 35.3 Å². The molecule has 0 aliphatic heterocycles. The second-order valence-corrected chi connectivity index (χ2v) is 7.95. The summed E-state index contributed by atoms with van der Waals surface area (Å²) in [6.07, 6.45) is 0. The van der Waals surface area contributed by atoms with Gasteiger partial charge in [-0.3, -0.25) is 0 Å². The molecule has 3 heteroatoms. The highest BCUT2D eigenvalue weighted by Crippen LogP contribution is 2.42. The van der Waals surface area contributed by atoms with Crippen LogP contribution in [0.2, 0.25) is 0 Å². The molecule has 5 aromatic rings. The molecule has 3 aromatic carbocycles. The molecule has 5 rings (SSSR count). The maximum Gasteiger partial charge on any atom is 0.216 e. The van der Waals surface area contributed by atoms with Crippen LogP contribution in [0.1, 0.15) is 19.6 Å². The number of pyridine rings is 1. The Kier molecular flexibility index (Phi) is 3.86. The van der Waals surface area contributed by atoms with Gasteiger partial charge in [0.2, 0.25) is 5.69 Å². The topological polar surface area (TPSA) is 21.4 Å². The van der Waals surface area contributed by atoms with Crippen LogP contribution in [0.25, 0.3) is 49.2 Å². The molecule has 0 fully saturated rings. The van der Waals surface area contributed by atoms with Gasteiger partial charge >= 0.3 is 0 Å². The zero-order valence-corrected chi connectivity index (χ0v) is 18.0. The molecule has 2 aromatic heterocycles. The first-order valence-corrected chi connectivity index (χ1v) is 10.2. The number of benzene rings is 3. The summed E-state index contributed by atoms with van der Waals surface area (Å²) in [5.74, 6) is 0. The van der Waals surface area contributed by atoms with Crippen molar-refractivity contribution >= 4 is 27.6 Å². The molecule has 0 saturated heterocycles. The quantitative estimate of drug-likeness (QED) is 0.224. The fourth-order valence-corrected chi connectivity index (χ4v) is 4.26. The second-order valence-electron chi connectivity index (χ2n) is 7.95. The number of nitrogens with zero attached hydrogens (tertiary/aromatic N) is 2. The summed E-state index contributed by atoms with van der Waals surface area (Å²) in [4.78, 5) is 3.71. The smallest absolute Gasteiger partial charge is 0.216 e. The number of aryl methyl sites for hydroxylation is 1. The minimum absolute atomic E-state index is 0.328. The van der Waals surface area contributed by atoms with Gasteiger partial charge < -0.3 is 4.42 Å². The number of rotatable bonds is 2. The third-order valence-corrected chi connectivity index (χ3v) is 5.90. The highest BCUT2D eigenvalue weighted by Gasteiger charge is 2.23. The average Bonchev–Trinajstić information content (AvgIpc) is 3.21. The fraction of sp³-hybridized carbons (Fsp3) is 0.143. The Hall–Kier alpha value is -3.90. The van der Waals surface area contributed by atoms with Gasteiger partial charge in [0.25, 0.3) is 0 Å². The SMILES string of the molecule is [2H]c1c(C)c([2H])c(-c2c(C)ccc3c2oc2c(-c4ccccc4)cc([N+]#[C-])cc23)[n+](C)c1C. The van der Waals surface area contributed by atoms with Crippen LogP contribution in [0.3, 0.4) is 0 Å². The summed E-state index contributed by atoms with van der Waals surface area (Å²) in [5.41, 5.74) is 7.88. The summed E-state index contributed by atoms with van der Waals surface area (Å²) in [7, 11) is 1.90.